The van der Waals surface area contributed by atoms with Gasteiger partial charge in [0.05, 0.1) is 12.2 Å². The van der Waals surface area contributed by atoms with E-state index in [-0.39, 0.29) is 18.2 Å². The molecule has 0 aliphatic heterocycles. The lowest BCUT2D eigenvalue weighted by Gasteiger charge is -2.16. The number of anilines is 1. The zero-order chi connectivity index (χ0) is 16.8. The summed E-state index contributed by atoms with van der Waals surface area (Å²) in [5.41, 5.74) is 1.55. The fourth-order valence-corrected chi connectivity index (χ4v) is 1.99. The molecule has 0 radical (unpaired) electrons. The third-order valence-electron chi connectivity index (χ3n) is 2.91. The molecular formula is C15H17F2N3O3. The van der Waals surface area contributed by atoms with Crippen LogP contribution in [0.2, 0.25) is 0 Å². The van der Waals surface area contributed by atoms with Crippen molar-refractivity contribution in [3.8, 4) is 5.75 Å². The van der Waals surface area contributed by atoms with Crippen LogP contribution in [0, 0.1) is 6.92 Å². The molecule has 0 aliphatic rings. The first-order valence-electron chi connectivity index (χ1n) is 6.88. The molecular weight excluding hydrogens is 308 g/mol. The minimum atomic E-state index is -2.84. The number of rotatable bonds is 7. The van der Waals surface area contributed by atoms with Crippen molar-refractivity contribution in [3.05, 3.63) is 41.6 Å². The largest absolute Gasteiger partial charge is 0.435 e. The molecule has 6 nitrogen and oxygen atoms in total. The third kappa shape index (κ3) is 5.67. The molecule has 1 N–H and O–H groups in total. The van der Waals surface area contributed by atoms with Crippen molar-refractivity contribution in [2.24, 2.45) is 0 Å². The van der Waals surface area contributed by atoms with E-state index in [9.17, 15) is 13.6 Å². The van der Waals surface area contributed by atoms with Crippen LogP contribution in [0.3, 0.4) is 0 Å². The Labute approximate surface area is 132 Å². The van der Waals surface area contributed by atoms with E-state index in [0.29, 0.717) is 18.1 Å². The number of alkyl halides is 2. The van der Waals surface area contributed by atoms with Gasteiger partial charge in [0, 0.05) is 12.6 Å². The maximum Gasteiger partial charge on any atom is 0.387 e. The van der Waals surface area contributed by atoms with Crippen molar-refractivity contribution in [1.82, 2.24) is 10.1 Å². The van der Waals surface area contributed by atoms with Crippen molar-refractivity contribution < 1.29 is 22.8 Å². The molecule has 0 spiro atoms. The quantitative estimate of drug-likeness (QED) is 0.848. The summed E-state index contributed by atoms with van der Waals surface area (Å²) in [5, 5.41) is 6.27. The summed E-state index contributed by atoms with van der Waals surface area (Å²) in [6.07, 6.45) is 0. The summed E-state index contributed by atoms with van der Waals surface area (Å²) in [7, 11) is 1.77. The monoisotopic (exact) mass is 325 g/mol. The number of aromatic nitrogens is 1. The van der Waals surface area contributed by atoms with Crippen molar-refractivity contribution >= 4 is 11.8 Å². The molecule has 0 saturated carbocycles. The van der Waals surface area contributed by atoms with Crippen LogP contribution < -0.4 is 10.1 Å². The maximum atomic E-state index is 12.1. The normalized spacial score (nSPS) is 11.0. The van der Waals surface area contributed by atoms with E-state index in [1.165, 1.54) is 12.1 Å². The average Bonchev–Trinajstić information content (AvgIpc) is 2.85. The van der Waals surface area contributed by atoms with Gasteiger partial charge in [-0.05, 0) is 31.7 Å². The topological polar surface area (TPSA) is 67.6 Å². The number of carbonyl (C=O) groups is 1. The fourth-order valence-electron chi connectivity index (χ4n) is 1.99. The lowest BCUT2D eigenvalue weighted by Crippen LogP contribution is -2.29. The van der Waals surface area contributed by atoms with Gasteiger partial charge in [-0.25, -0.2) is 0 Å². The molecule has 0 saturated heterocycles. The number of aryl methyl sites for hydroxylation is 1. The van der Waals surface area contributed by atoms with Crippen LogP contribution in [0.25, 0.3) is 0 Å². The van der Waals surface area contributed by atoms with E-state index in [1.807, 2.05) is 0 Å². The molecule has 0 fully saturated rings. The van der Waals surface area contributed by atoms with Gasteiger partial charge < -0.3 is 9.26 Å². The zero-order valence-corrected chi connectivity index (χ0v) is 12.8. The van der Waals surface area contributed by atoms with Gasteiger partial charge in [0.15, 0.2) is 0 Å². The Kier molecular flexibility index (Phi) is 5.64. The van der Waals surface area contributed by atoms with E-state index >= 15 is 0 Å². The van der Waals surface area contributed by atoms with Gasteiger partial charge >= 0.3 is 6.61 Å². The van der Waals surface area contributed by atoms with Crippen LogP contribution in [0.15, 0.2) is 34.9 Å². The Bertz CT molecular complexity index is 644. The van der Waals surface area contributed by atoms with E-state index < -0.39 is 6.61 Å². The Hall–Kier alpha value is -2.48. The fraction of sp³-hybridized carbons (Fsp3) is 0.333. The molecule has 0 unspecified atom stereocenters. The number of carbonyl (C=O) groups excluding carboxylic acids is 1. The molecule has 1 amide bonds. The number of nitrogens with zero attached hydrogens (tertiary/aromatic N) is 2. The summed E-state index contributed by atoms with van der Waals surface area (Å²) in [6, 6.07) is 7.90. The molecule has 2 aromatic rings. The number of hydrogen-bond donors (Lipinski definition) is 1. The SMILES string of the molecule is Cc1cc(NC(=O)CN(C)Cc2ccc(OC(F)F)cc2)on1. The van der Waals surface area contributed by atoms with Gasteiger partial charge in [0.25, 0.3) is 0 Å². The highest BCUT2D eigenvalue weighted by molar-refractivity contribution is 5.90. The van der Waals surface area contributed by atoms with Crippen molar-refractivity contribution in [2.45, 2.75) is 20.1 Å². The first-order valence-corrected chi connectivity index (χ1v) is 6.88. The molecule has 1 aromatic heterocycles. The Morgan fingerprint density at radius 3 is 2.65 bits per heavy atom. The maximum absolute atomic E-state index is 12.1. The second-order valence-corrected chi connectivity index (χ2v) is 5.08. The lowest BCUT2D eigenvalue weighted by molar-refractivity contribution is -0.117. The van der Waals surface area contributed by atoms with E-state index in [1.54, 1.807) is 37.1 Å². The summed E-state index contributed by atoms with van der Waals surface area (Å²) in [4.78, 5) is 13.6. The molecule has 0 atom stereocenters. The summed E-state index contributed by atoms with van der Waals surface area (Å²) >= 11 is 0. The highest BCUT2D eigenvalue weighted by Crippen LogP contribution is 2.15. The highest BCUT2D eigenvalue weighted by atomic mass is 19.3. The number of likely N-dealkylation sites (N-methyl/N-ethyl adjacent to an activating group) is 1. The average molecular weight is 325 g/mol. The highest BCUT2D eigenvalue weighted by Gasteiger charge is 2.10. The Morgan fingerprint density at radius 1 is 1.39 bits per heavy atom. The van der Waals surface area contributed by atoms with Gasteiger partial charge in [0.1, 0.15) is 5.75 Å². The summed E-state index contributed by atoms with van der Waals surface area (Å²) in [5.74, 6) is 0.167. The number of ether oxygens (including phenoxy) is 1. The Balaban J connectivity index is 1.81. The van der Waals surface area contributed by atoms with Crippen molar-refractivity contribution in [2.75, 3.05) is 18.9 Å². The number of hydrogen-bond acceptors (Lipinski definition) is 5. The van der Waals surface area contributed by atoms with Crippen molar-refractivity contribution in [3.63, 3.8) is 0 Å². The van der Waals surface area contributed by atoms with E-state index in [4.69, 9.17) is 4.52 Å². The number of halogens is 2. The van der Waals surface area contributed by atoms with Crippen LogP contribution in [0.5, 0.6) is 5.75 Å². The second kappa shape index (κ2) is 7.68. The van der Waals surface area contributed by atoms with Crippen LogP contribution in [-0.2, 0) is 11.3 Å². The molecule has 1 heterocycles. The van der Waals surface area contributed by atoms with Crippen LogP contribution in [0.1, 0.15) is 11.3 Å². The molecule has 2 rings (SSSR count). The smallest absolute Gasteiger partial charge is 0.387 e. The number of benzene rings is 1. The lowest BCUT2D eigenvalue weighted by atomic mass is 10.2. The number of nitrogens with one attached hydrogen (secondary N) is 1. The molecule has 23 heavy (non-hydrogen) atoms. The van der Waals surface area contributed by atoms with Gasteiger partial charge in [-0.1, -0.05) is 17.3 Å². The number of amides is 1. The molecule has 0 aliphatic carbocycles. The minimum absolute atomic E-state index is 0.102. The van der Waals surface area contributed by atoms with Gasteiger partial charge in [0.2, 0.25) is 11.8 Å². The minimum Gasteiger partial charge on any atom is -0.435 e. The van der Waals surface area contributed by atoms with Crippen LogP contribution in [0.4, 0.5) is 14.7 Å². The molecule has 8 heteroatoms. The van der Waals surface area contributed by atoms with Crippen LogP contribution >= 0.6 is 0 Å². The van der Waals surface area contributed by atoms with Gasteiger partial charge in [-0.15, -0.1) is 0 Å². The Morgan fingerprint density at radius 2 is 2.09 bits per heavy atom. The molecule has 0 bridgehead atoms. The third-order valence-corrected chi connectivity index (χ3v) is 2.91. The second-order valence-electron chi connectivity index (χ2n) is 5.08. The standard InChI is InChI=1S/C15H17F2N3O3/c1-10-7-14(23-19-10)18-13(21)9-20(2)8-11-3-5-12(6-4-11)22-15(16)17/h3-7,15H,8-9H2,1-2H3,(H,18,21). The zero-order valence-electron chi connectivity index (χ0n) is 12.8. The van der Waals surface area contributed by atoms with Crippen molar-refractivity contribution in [1.29, 1.82) is 0 Å². The predicted molar refractivity (Wildman–Crippen MR) is 79.3 cm³/mol. The van der Waals surface area contributed by atoms with E-state index in [0.717, 1.165) is 5.56 Å². The van der Waals surface area contributed by atoms with Crippen LogP contribution in [-0.4, -0.2) is 36.2 Å². The first kappa shape index (κ1) is 16.9. The van der Waals surface area contributed by atoms with Gasteiger partial charge in [-0.3, -0.25) is 15.0 Å². The van der Waals surface area contributed by atoms with E-state index in [2.05, 4.69) is 15.2 Å². The molecule has 1 aromatic carbocycles. The first-order chi connectivity index (χ1) is 10.9. The predicted octanol–water partition coefficient (Wildman–Crippen LogP) is 2.65. The summed E-state index contributed by atoms with van der Waals surface area (Å²) < 4.78 is 33.3. The summed E-state index contributed by atoms with van der Waals surface area (Å²) in [6.45, 7) is -0.452. The molecule has 124 valence electrons. The van der Waals surface area contributed by atoms with Gasteiger partial charge in [-0.2, -0.15) is 8.78 Å².